The van der Waals surface area contributed by atoms with Crippen LogP contribution in [0, 0.1) is 0 Å². The van der Waals surface area contributed by atoms with Crippen LogP contribution in [0.1, 0.15) is 31.2 Å². The second-order valence-corrected chi connectivity index (χ2v) is 7.80. The first kappa shape index (κ1) is 18.7. The Hall–Kier alpha value is -3.35. The lowest BCUT2D eigenvalue weighted by Gasteiger charge is -2.21. The molecule has 1 aliphatic heterocycles. The Balaban J connectivity index is 1.77. The van der Waals surface area contributed by atoms with E-state index in [1.807, 2.05) is 52.9 Å². The summed E-state index contributed by atoms with van der Waals surface area (Å²) in [6, 6.07) is 15.6. The molecule has 30 heavy (non-hydrogen) atoms. The number of methoxy groups -OCH3 is 1. The van der Waals surface area contributed by atoms with Crippen molar-refractivity contribution >= 4 is 22.6 Å². The maximum atomic E-state index is 13.5. The van der Waals surface area contributed by atoms with Crippen molar-refractivity contribution in [2.24, 2.45) is 0 Å². The van der Waals surface area contributed by atoms with E-state index in [2.05, 4.69) is 15.1 Å². The van der Waals surface area contributed by atoms with Crippen LogP contribution in [0.25, 0.3) is 16.7 Å². The van der Waals surface area contributed by atoms with E-state index in [1.165, 1.54) is 12.8 Å². The molecule has 4 aromatic rings. The van der Waals surface area contributed by atoms with Gasteiger partial charge in [-0.1, -0.05) is 43.2 Å². The average molecular weight is 403 g/mol. The van der Waals surface area contributed by atoms with Crippen LogP contribution in [0.5, 0.6) is 5.75 Å². The average Bonchev–Trinajstić information content (AvgIpc) is 3.04. The van der Waals surface area contributed by atoms with Crippen molar-refractivity contribution in [2.45, 2.75) is 32.2 Å². The van der Waals surface area contributed by atoms with Gasteiger partial charge in [0.15, 0.2) is 0 Å². The zero-order chi connectivity index (χ0) is 20.5. The van der Waals surface area contributed by atoms with Crippen molar-refractivity contribution in [3.8, 4) is 5.75 Å². The fraction of sp³-hybridized carbons (Fsp3) is 0.348. The summed E-state index contributed by atoms with van der Waals surface area (Å²) in [5, 5.41) is 9.63. The van der Waals surface area contributed by atoms with Gasteiger partial charge in [-0.2, -0.15) is 0 Å². The molecule has 0 atom stereocenters. The molecular weight excluding hydrogens is 378 g/mol. The molecule has 0 aliphatic carbocycles. The van der Waals surface area contributed by atoms with Crippen LogP contribution in [-0.2, 0) is 6.54 Å². The summed E-state index contributed by atoms with van der Waals surface area (Å²) in [6.45, 7) is 2.35. The number of fused-ring (bicyclic) bond motifs is 3. The molecule has 1 saturated heterocycles. The lowest BCUT2D eigenvalue weighted by Crippen LogP contribution is -2.28. The van der Waals surface area contributed by atoms with Gasteiger partial charge >= 0.3 is 0 Å². The molecule has 2 aromatic heterocycles. The van der Waals surface area contributed by atoms with E-state index in [-0.39, 0.29) is 5.56 Å². The molecule has 7 nitrogen and oxygen atoms in total. The molecule has 0 saturated carbocycles. The fourth-order valence-electron chi connectivity index (χ4n) is 4.29. The van der Waals surface area contributed by atoms with Crippen molar-refractivity contribution in [1.29, 1.82) is 0 Å². The van der Waals surface area contributed by atoms with Gasteiger partial charge in [0, 0.05) is 13.1 Å². The monoisotopic (exact) mass is 403 g/mol. The first-order valence-electron chi connectivity index (χ1n) is 10.5. The molecule has 7 heteroatoms. The number of hydrogen-bond acceptors (Lipinski definition) is 5. The van der Waals surface area contributed by atoms with Crippen LogP contribution in [-0.4, -0.2) is 39.4 Å². The highest BCUT2D eigenvalue weighted by molar-refractivity contribution is 5.83. The van der Waals surface area contributed by atoms with E-state index in [0.717, 1.165) is 43.0 Å². The predicted molar refractivity (Wildman–Crippen MR) is 118 cm³/mol. The van der Waals surface area contributed by atoms with Gasteiger partial charge < -0.3 is 9.64 Å². The van der Waals surface area contributed by atoms with Crippen LogP contribution in [0.4, 0.5) is 5.95 Å². The van der Waals surface area contributed by atoms with E-state index >= 15 is 0 Å². The summed E-state index contributed by atoms with van der Waals surface area (Å²) in [4.78, 5) is 15.8. The minimum absolute atomic E-state index is 0.0879. The summed E-state index contributed by atoms with van der Waals surface area (Å²) in [7, 11) is 1.61. The normalized spacial score (nSPS) is 14.9. The predicted octanol–water partition coefficient (Wildman–Crippen LogP) is 3.48. The van der Waals surface area contributed by atoms with Gasteiger partial charge in [-0.25, -0.2) is 4.40 Å². The highest BCUT2D eigenvalue weighted by Crippen LogP contribution is 2.25. The summed E-state index contributed by atoms with van der Waals surface area (Å²) >= 11 is 0. The molecule has 0 unspecified atom stereocenters. The standard InChI is InChI=1S/C23H25N5O2/c1-30-18-11-12-20-19(15-18)21(29)27(16-17-9-5-4-6-10-17)23-25-24-22(28(20)23)26-13-7-2-3-8-14-26/h4-6,9-12,15H,2-3,7-8,13-14,16H2,1H3. The minimum atomic E-state index is -0.0879. The number of hydrogen-bond donors (Lipinski definition) is 0. The van der Waals surface area contributed by atoms with Crippen molar-refractivity contribution < 1.29 is 4.74 Å². The van der Waals surface area contributed by atoms with Crippen LogP contribution in [0.15, 0.2) is 53.3 Å². The molecule has 0 radical (unpaired) electrons. The Morgan fingerprint density at radius 1 is 0.967 bits per heavy atom. The van der Waals surface area contributed by atoms with Crippen molar-refractivity contribution in [1.82, 2.24) is 19.2 Å². The highest BCUT2D eigenvalue weighted by atomic mass is 16.5. The van der Waals surface area contributed by atoms with Crippen LogP contribution < -0.4 is 15.2 Å². The van der Waals surface area contributed by atoms with Gasteiger partial charge in [0.05, 0.1) is 24.6 Å². The van der Waals surface area contributed by atoms with Crippen molar-refractivity contribution in [3.05, 3.63) is 64.4 Å². The zero-order valence-corrected chi connectivity index (χ0v) is 17.1. The molecule has 1 aliphatic rings. The van der Waals surface area contributed by atoms with Gasteiger partial charge in [-0.15, -0.1) is 10.2 Å². The smallest absolute Gasteiger partial charge is 0.263 e. The van der Waals surface area contributed by atoms with Gasteiger partial charge in [-0.3, -0.25) is 9.36 Å². The first-order valence-corrected chi connectivity index (χ1v) is 10.5. The zero-order valence-electron chi connectivity index (χ0n) is 17.1. The number of rotatable bonds is 4. The van der Waals surface area contributed by atoms with E-state index in [1.54, 1.807) is 11.7 Å². The SMILES string of the molecule is COc1ccc2c(c1)c(=O)n(Cc1ccccc1)c1nnc(N3CCCCCC3)n21. The number of aromatic nitrogens is 4. The number of anilines is 1. The molecule has 5 rings (SSSR count). The second-order valence-electron chi connectivity index (χ2n) is 7.80. The summed E-state index contributed by atoms with van der Waals surface area (Å²) in [5.41, 5.74) is 1.77. The first-order chi connectivity index (χ1) is 14.8. The van der Waals surface area contributed by atoms with Gasteiger partial charge in [-0.05, 0) is 36.6 Å². The minimum Gasteiger partial charge on any atom is -0.497 e. The van der Waals surface area contributed by atoms with E-state index in [4.69, 9.17) is 4.74 Å². The largest absolute Gasteiger partial charge is 0.497 e. The molecular formula is C23H25N5O2. The van der Waals surface area contributed by atoms with E-state index in [0.29, 0.717) is 23.5 Å². The highest BCUT2D eigenvalue weighted by Gasteiger charge is 2.21. The maximum absolute atomic E-state index is 13.5. The van der Waals surface area contributed by atoms with Crippen LogP contribution >= 0.6 is 0 Å². The number of benzene rings is 2. The molecule has 0 bridgehead atoms. The number of ether oxygens (including phenoxy) is 1. The third-order valence-electron chi connectivity index (χ3n) is 5.86. The third-order valence-corrected chi connectivity index (χ3v) is 5.86. The van der Waals surface area contributed by atoms with Crippen LogP contribution in [0.3, 0.4) is 0 Å². The maximum Gasteiger partial charge on any atom is 0.263 e. The molecule has 1 fully saturated rings. The molecule has 3 heterocycles. The fourth-order valence-corrected chi connectivity index (χ4v) is 4.29. The molecule has 2 aromatic carbocycles. The van der Waals surface area contributed by atoms with Gasteiger partial charge in [0.2, 0.25) is 11.7 Å². The number of nitrogens with zero attached hydrogens (tertiary/aromatic N) is 5. The molecule has 154 valence electrons. The van der Waals surface area contributed by atoms with Crippen LogP contribution in [0.2, 0.25) is 0 Å². The molecule has 0 spiro atoms. The Morgan fingerprint density at radius 3 is 2.47 bits per heavy atom. The topological polar surface area (TPSA) is 64.7 Å². The Bertz CT molecular complexity index is 1240. The van der Waals surface area contributed by atoms with E-state index < -0.39 is 0 Å². The summed E-state index contributed by atoms with van der Waals surface area (Å²) in [6.07, 6.45) is 4.77. The van der Waals surface area contributed by atoms with Crippen molar-refractivity contribution in [3.63, 3.8) is 0 Å². The third kappa shape index (κ3) is 3.20. The Kier molecular flexibility index (Phi) is 4.86. The van der Waals surface area contributed by atoms with E-state index in [9.17, 15) is 4.79 Å². The van der Waals surface area contributed by atoms with Crippen molar-refractivity contribution in [2.75, 3.05) is 25.1 Å². The molecule has 0 N–H and O–H groups in total. The van der Waals surface area contributed by atoms with Gasteiger partial charge in [0.25, 0.3) is 5.56 Å². The Morgan fingerprint density at radius 2 is 1.73 bits per heavy atom. The second kappa shape index (κ2) is 7.82. The lowest BCUT2D eigenvalue weighted by molar-refractivity contribution is 0.415. The quantitative estimate of drug-likeness (QED) is 0.522. The summed E-state index contributed by atoms with van der Waals surface area (Å²) < 4.78 is 9.14. The lowest BCUT2D eigenvalue weighted by atomic mass is 10.2. The molecule has 0 amide bonds. The van der Waals surface area contributed by atoms with Gasteiger partial charge in [0.1, 0.15) is 5.75 Å². The summed E-state index contributed by atoms with van der Waals surface area (Å²) in [5.74, 6) is 2.04. The Labute approximate surface area is 174 Å².